The van der Waals surface area contributed by atoms with Crippen molar-refractivity contribution in [3.8, 4) is 0 Å². The van der Waals surface area contributed by atoms with E-state index in [1.807, 2.05) is 22.8 Å². The van der Waals surface area contributed by atoms with Crippen molar-refractivity contribution in [2.75, 3.05) is 18.1 Å². The Bertz CT molecular complexity index is 76.8. The summed E-state index contributed by atoms with van der Waals surface area (Å²) in [5.74, 6) is 2.34. The summed E-state index contributed by atoms with van der Waals surface area (Å²) in [5.41, 5.74) is 0. The summed E-state index contributed by atoms with van der Waals surface area (Å²) in [6.45, 7) is 7.21. The fourth-order valence-electron chi connectivity index (χ4n) is 0.488. The molecule has 0 unspecified atom stereocenters. The second kappa shape index (κ2) is 9.18. The van der Waals surface area contributed by atoms with Gasteiger partial charge in [-0.3, -0.25) is 0 Å². The Morgan fingerprint density at radius 1 is 1.09 bits per heavy atom. The molecule has 0 spiro atoms. The monoisotopic (exact) mass is 212 g/mol. The van der Waals surface area contributed by atoms with E-state index in [1.165, 1.54) is 11.5 Å². The number of hydrogen-bond acceptors (Lipinski definition) is 3. The Labute approximate surface area is 79.4 Å². The van der Waals surface area contributed by atoms with Gasteiger partial charge in [-0.05, 0) is 17.9 Å². The molecular weight excluding hydrogens is 195 g/mol. The Morgan fingerprint density at radius 2 is 1.64 bits per heavy atom. The first-order valence-electron chi connectivity index (χ1n) is 4.04. The third-order valence-electron chi connectivity index (χ3n) is 0.870. The average molecular weight is 212 g/mol. The van der Waals surface area contributed by atoms with Gasteiger partial charge >= 0.3 is 0 Å². The molecule has 0 aromatic carbocycles. The first-order chi connectivity index (χ1) is 5.35. The summed E-state index contributed by atoms with van der Waals surface area (Å²) in [6, 6.07) is 0. The van der Waals surface area contributed by atoms with Gasteiger partial charge in [-0.2, -0.15) is 0 Å². The Kier molecular flexibility index (Phi) is 10.1. The highest BCUT2D eigenvalue weighted by Crippen LogP contribution is 2.61. The van der Waals surface area contributed by atoms with Crippen LogP contribution in [0.2, 0.25) is 0 Å². The van der Waals surface area contributed by atoms with Crippen LogP contribution in [0.1, 0.15) is 27.2 Å². The van der Waals surface area contributed by atoms with Crippen LogP contribution in [-0.4, -0.2) is 18.1 Å². The van der Waals surface area contributed by atoms with E-state index in [2.05, 4.69) is 20.8 Å². The molecule has 0 saturated heterocycles. The molecule has 0 aromatic heterocycles. The number of hydrogen-bond donors (Lipinski definition) is 0. The van der Waals surface area contributed by atoms with Gasteiger partial charge in [0, 0.05) is 0 Å². The topological polar surface area (TPSA) is 9.23 Å². The van der Waals surface area contributed by atoms with Crippen LogP contribution in [0.4, 0.5) is 0 Å². The van der Waals surface area contributed by atoms with E-state index >= 15 is 0 Å². The molecule has 0 aliphatic rings. The van der Waals surface area contributed by atoms with Crippen molar-refractivity contribution in [3.05, 3.63) is 0 Å². The second-order valence-corrected chi connectivity index (χ2v) is 8.50. The van der Waals surface area contributed by atoms with Crippen molar-refractivity contribution < 1.29 is 4.52 Å². The van der Waals surface area contributed by atoms with E-state index in [0.29, 0.717) is 0 Å². The van der Waals surface area contributed by atoms with Crippen molar-refractivity contribution >= 4 is 29.3 Å². The lowest BCUT2D eigenvalue weighted by molar-refractivity contribution is 0.366. The molecule has 0 aliphatic heterocycles. The predicted molar refractivity (Wildman–Crippen MR) is 59.4 cm³/mol. The van der Waals surface area contributed by atoms with E-state index in [4.69, 9.17) is 4.52 Å². The van der Waals surface area contributed by atoms with Crippen molar-refractivity contribution in [2.45, 2.75) is 27.2 Å². The molecule has 0 saturated carbocycles. The fraction of sp³-hybridized carbons (Fsp3) is 1.00. The molecule has 68 valence electrons. The minimum absolute atomic E-state index is 0.233. The van der Waals surface area contributed by atoms with E-state index in [0.717, 1.165) is 13.0 Å². The molecular formula is C7H17OPS2. The standard InChI is InChI=1S/C7H17OPS2/c1-4-7-8-9(10-5-2)11-6-3/h4-7H2,1-3H3. The summed E-state index contributed by atoms with van der Waals surface area (Å²) < 4.78 is 5.66. The smallest absolute Gasteiger partial charge is 0.151 e. The lowest BCUT2D eigenvalue weighted by atomic mass is 10.5. The van der Waals surface area contributed by atoms with E-state index in [-0.39, 0.29) is 6.55 Å². The second-order valence-electron chi connectivity index (χ2n) is 1.89. The Hall–Kier alpha value is 1.09. The van der Waals surface area contributed by atoms with Crippen LogP contribution in [0.3, 0.4) is 0 Å². The van der Waals surface area contributed by atoms with E-state index in [9.17, 15) is 0 Å². The van der Waals surface area contributed by atoms with E-state index in [1.54, 1.807) is 0 Å². The zero-order valence-electron chi connectivity index (χ0n) is 7.50. The molecule has 0 fully saturated rings. The summed E-state index contributed by atoms with van der Waals surface area (Å²) in [5, 5.41) is 0. The third-order valence-corrected chi connectivity index (χ3v) is 7.55. The van der Waals surface area contributed by atoms with Crippen LogP contribution >= 0.6 is 29.3 Å². The van der Waals surface area contributed by atoms with Gasteiger partial charge in [-0.25, -0.2) is 0 Å². The predicted octanol–water partition coefficient (Wildman–Crippen LogP) is 4.15. The molecule has 4 heteroatoms. The van der Waals surface area contributed by atoms with Crippen LogP contribution in [-0.2, 0) is 4.52 Å². The summed E-state index contributed by atoms with van der Waals surface area (Å²) in [4.78, 5) is 0. The third kappa shape index (κ3) is 7.45. The molecule has 0 N–H and O–H groups in total. The molecule has 0 radical (unpaired) electrons. The van der Waals surface area contributed by atoms with Crippen molar-refractivity contribution in [3.63, 3.8) is 0 Å². The first-order valence-corrected chi connectivity index (χ1v) is 8.48. The van der Waals surface area contributed by atoms with Crippen LogP contribution in [0, 0.1) is 0 Å². The van der Waals surface area contributed by atoms with Crippen LogP contribution in [0.15, 0.2) is 0 Å². The zero-order valence-corrected chi connectivity index (χ0v) is 10.0. The highest BCUT2D eigenvalue weighted by molar-refractivity contribution is 8.86. The van der Waals surface area contributed by atoms with Gasteiger partial charge in [-0.1, -0.05) is 43.5 Å². The maximum Gasteiger partial charge on any atom is 0.151 e. The van der Waals surface area contributed by atoms with Gasteiger partial charge in [0.15, 0.2) is 6.55 Å². The Balaban J connectivity index is 3.34. The van der Waals surface area contributed by atoms with Crippen molar-refractivity contribution in [1.29, 1.82) is 0 Å². The maximum absolute atomic E-state index is 5.66. The quantitative estimate of drug-likeness (QED) is 0.587. The molecule has 0 bridgehead atoms. The van der Waals surface area contributed by atoms with Crippen LogP contribution < -0.4 is 0 Å². The van der Waals surface area contributed by atoms with Gasteiger partial charge in [0.2, 0.25) is 0 Å². The summed E-state index contributed by atoms with van der Waals surface area (Å²) in [6.07, 6.45) is 1.13. The normalized spacial score (nSPS) is 10.9. The highest BCUT2D eigenvalue weighted by atomic mass is 33.1. The van der Waals surface area contributed by atoms with E-state index < -0.39 is 0 Å². The molecule has 11 heavy (non-hydrogen) atoms. The average Bonchev–Trinajstić information content (AvgIpc) is 2.01. The van der Waals surface area contributed by atoms with Crippen molar-refractivity contribution in [2.24, 2.45) is 0 Å². The molecule has 1 nitrogen and oxygen atoms in total. The van der Waals surface area contributed by atoms with Crippen LogP contribution in [0.5, 0.6) is 0 Å². The minimum atomic E-state index is -0.233. The molecule has 0 aromatic rings. The number of rotatable bonds is 7. The first kappa shape index (κ1) is 12.1. The summed E-state index contributed by atoms with van der Waals surface area (Å²) in [7, 11) is 0. The minimum Gasteiger partial charge on any atom is -0.339 e. The SMILES string of the molecule is CCCOP(SCC)SCC. The molecule has 0 aliphatic carbocycles. The van der Waals surface area contributed by atoms with Gasteiger partial charge in [0.1, 0.15) is 0 Å². The lowest BCUT2D eigenvalue weighted by Gasteiger charge is -2.13. The maximum atomic E-state index is 5.66. The van der Waals surface area contributed by atoms with Gasteiger partial charge < -0.3 is 4.52 Å². The fourth-order valence-corrected chi connectivity index (χ4v) is 6.42. The molecule has 0 rings (SSSR count). The summed E-state index contributed by atoms with van der Waals surface area (Å²) >= 11 is 3.89. The molecule has 0 atom stereocenters. The van der Waals surface area contributed by atoms with Gasteiger partial charge in [-0.15, -0.1) is 0 Å². The van der Waals surface area contributed by atoms with Crippen LogP contribution in [0.25, 0.3) is 0 Å². The molecule has 0 heterocycles. The lowest BCUT2D eigenvalue weighted by Crippen LogP contribution is -1.83. The molecule has 0 amide bonds. The van der Waals surface area contributed by atoms with Crippen molar-refractivity contribution in [1.82, 2.24) is 0 Å². The van der Waals surface area contributed by atoms with Gasteiger partial charge in [0.25, 0.3) is 0 Å². The zero-order chi connectivity index (χ0) is 8.53. The highest BCUT2D eigenvalue weighted by Gasteiger charge is 2.06. The largest absolute Gasteiger partial charge is 0.339 e. The van der Waals surface area contributed by atoms with Gasteiger partial charge in [0.05, 0.1) is 6.61 Å². The Morgan fingerprint density at radius 3 is 2.00 bits per heavy atom.